The number of aryl methyl sites for hydroxylation is 2. The van der Waals surface area contributed by atoms with E-state index in [1.807, 2.05) is 6.20 Å². The van der Waals surface area contributed by atoms with Crippen molar-refractivity contribution >= 4 is 5.78 Å². The van der Waals surface area contributed by atoms with Gasteiger partial charge in [-0.3, -0.25) is 4.40 Å². The number of nitrogens with one attached hydrogen (secondary N) is 1. The van der Waals surface area contributed by atoms with Gasteiger partial charge in [0.15, 0.2) is 0 Å². The Kier molecular flexibility index (Phi) is 1.64. The molecule has 74 valence electrons. The molecule has 0 amide bonds. The third-order valence-corrected chi connectivity index (χ3v) is 2.96. The summed E-state index contributed by atoms with van der Waals surface area (Å²) in [5.41, 5.74) is 9.60. The van der Waals surface area contributed by atoms with Crippen LogP contribution in [0.3, 0.4) is 0 Å². The molecule has 2 heterocycles. The molecule has 3 rings (SSSR count). The van der Waals surface area contributed by atoms with Gasteiger partial charge in [0.05, 0.1) is 6.20 Å². The predicted octanol–water partition coefficient (Wildman–Crippen LogP) is 0.652. The van der Waals surface area contributed by atoms with Crippen LogP contribution in [0.25, 0.3) is 5.78 Å². The molecule has 1 aliphatic carbocycles. The van der Waals surface area contributed by atoms with Gasteiger partial charge in [-0.1, -0.05) is 0 Å². The van der Waals surface area contributed by atoms with Gasteiger partial charge in [0, 0.05) is 23.5 Å². The first-order chi connectivity index (χ1) is 6.90. The summed E-state index contributed by atoms with van der Waals surface area (Å²) >= 11 is 0. The molecule has 1 aliphatic rings. The molecular formula is C10H14N4. The Morgan fingerprint density at radius 1 is 1.50 bits per heavy atom. The van der Waals surface area contributed by atoms with Gasteiger partial charge in [0.25, 0.3) is 0 Å². The fourth-order valence-electron chi connectivity index (χ4n) is 2.34. The van der Waals surface area contributed by atoms with E-state index >= 15 is 0 Å². The average Bonchev–Trinajstić information content (AvgIpc) is 2.77. The summed E-state index contributed by atoms with van der Waals surface area (Å²) in [6, 6.07) is 0. The third kappa shape index (κ3) is 0.944. The van der Waals surface area contributed by atoms with Crippen LogP contribution in [-0.2, 0) is 19.3 Å². The second kappa shape index (κ2) is 2.85. The maximum Gasteiger partial charge on any atom is 0.211 e. The number of aromatic nitrogens is 3. The highest BCUT2D eigenvalue weighted by Crippen LogP contribution is 2.23. The Labute approximate surface area is 82.1 Å². The molecule has 0 unspecified atom stereocenters. The molecule has 4 nitrogen and oxygen atoms in total. The smallest absolute Gasteiger partial charge is 0.211 e. The second-order valence-corrected chi connectivity index (χ2v) is 3.85. The van der Waals surface area contributed by atoms with Gasteiger partial charge in [-0.05, 0) is 25.8 Å². The third-order valence-electron chi connectivity index (χ3n) is 2.96. The van der Waals surface area contributed by atoms with Crippen LogP contribution in [-0.4, -0.2) is 20.9 Å². The molecule has 0 bridgehead atoms. The normalized spacial score (nSPS) is 15.2. The molecular weight excluding hydrogens is 176 g/mol. The lowest BCUT2D eigenvalue weighted by Gasteiger charge is -1.98. The maximum atomic E-state index is 5.57. The van der Waals surface area contributed by atoms with E-state index in [4.69, 9.17) is 5.73 Å². The number of rotatable bonds is 2. The van der Waals surface area contributed by atoms with Crippen LogP contribution in [0, 0.1) is 0 Å². The van der Waals surface area contributed by atoms with Crippen molar-refractivity contribution < 1.29 is 0 Å². The van der Waals surface area contributed by atoms with E-state index < -0.39 is 0 Å². The Morgan fingerprint density at radius 3 is 3.29 bits per heavy atom. The zero-order valence-electron chi connectivity index (χ0n) is 8.08. The highest BCUT2D eigenvalue weighted by atomic mass is 15.1. The van der Waals surface area contributed by atoms with Gasteiger partial charge in [0.1, 0.15) is 0 Å². The highest BCUT2D eigenvalue weighted by molar-refractivity contribution is 5.41. The van der Waals surface area contributed by atoms with Crippen molar-refractivity contribution in [2.24, 2.45) is 5.73 Å². The molecule has 0 aromatic carbocycles. The molecule has 0 spiro atoms. The molecule has 0 aliphatic heterocycles. The number of aromatic amines is 1. The molecule has 4 heteroatoms. The van der Waals surface area contributed by atoms with Crippen molar-refractivity contribution in [3.05, 3.63) is 23.3 Å². The van der Waals surface area contributed by atoms with Crippen molar-refractivity contribution in [2.75, 3.05) is 6.54 Å². The Hall–Kier alpha value is -1.29. The van der Waals surface area contributed by atoms with Crippen LogP contribution in [0.5, 0.6) is 0 Å². The number of imidazole rings is 2. The molecule has 0 radical (unpaired) electrons. The van der Waals surface area contributed by atoms with Crippen LogP contribution in [0.1, 0.15) is 23.5 Å². The Balaban J connectivity index is 2.22. The van der Waals surface area contributed by atoms with Crippen molar-refractivity contribution in [1.82, 2.24) is 14.4 Å². The number of hydrogen-bond acceptors (Lipinski definition) is 2. The zero-order chi connectivity index (χ0) is 9.54. The minimum atomic E-state index is 0.688. The van der Waals surface area contributed by atoms with E-state index in [9.17, 15) is 0 Å². The first-order valence-corrected chi connectivity index (χ1v) is 5.16. The zero-order valence-corrected chi connectivity index (χ0v) is 8.08. The van der Waals surface area contributed by atoms with Crippen LogP contribution < -0.4 is 5.73 Å². The molecule has 2 aromatic heterocycles. The van der Waals surface area contributed by atoms with E-state index in [1.165, 1.54) is 36.3 Å². The fourth-order valence-corrected chi connectivity index (χ4v) is 2.34. The van der Waals surface area contributed by atoms with E-state index in [0.29, 0.717) is 6.54 Å². The quantitative estimate of drug-likeness (QED) is 0.730. The fraction of sp³-hybridized carbons (Fsp3) is 0.500. The number of nitrogens with zero attached hydrogens (tertiary/aromatic N) is 2. The summed E-state index contributed by atoms with van der Waals surface area (Å²) in [7, 11) is 0. The van der Waals surface area contributed by atoms with E-state index in [2.05, 4.69) is 14.4 Å². The Morgan fingerprint density at radius 2 is 2.43 bits per heavy atom. The number of hydrogen-bond donors (Lipinski definition) is 2. The van der Waals surface area contributed by atoms with Crippen molar-refractivity contribution in [3.63, 3.8) is 0 Å². The van der Waals surface area contributed by atoms with Crippen LogP contribution in [0.4, 0.5) is 0 Å². The standard InChI is InChI=1S/C10H14N4/c11-5-4-7-6-12-10-13-8-2-1-3-9(8)14(7)10/h6H,1-5,11H2,(H,12,13). The summed E-state index contributed by atoms with van der Waals surface area (Å²) < 4.78 is 2.25. The molecule has 0 fully saturated rings. The molecule has 0 saturated carbocycles. The molecule has 3 N–H and O–H groups in total. The van der Waals surface area contributed by atoms with E-state index in [1.54, 1.807) is 0 Å². The summed E-state index contributed by atoms with van der Waals surface area (Å²) in [5.74, 6) is 0.984. The first kappa shape index (κ1) is 8.05. The van der Waals surface area contributed by atoms with Gasteiger partial charge in [-0.15, -0.1) is 0 Å². The molecule has 14 heavy (non-hydrogen) atoms. The van der Waals surface area contributed by atoms with Crippen molar-refractivity contribution in [1.29, 1.82) is 0 Å². The van der Waals surface area contributed by atoms with Crippen LogP contribution >= 0.6 is 0 Å². The van der Waals surface area contributed by atoms with Crippen LogP contribution in [0.15, 0.2) is 6.20 Å². The molecule has 0 atom stereocenters. The summed E-state index contributed by atoms with van der Waals surface area (Å²) in [6.07, 6.45) is 6.43. The van der Waals surface area contributed by atoms with Crippen molar-refractivity contribution in [2.45, 2.75) is 25.7 Å². The lowest BCUT2D eigenvalue weighted by Crippen LogP contribution is -2.05. The minimum Gasteiger partial charge on any atom is -0.330 e. The van der Waals surface area contributed by atoms with E-state index in [-0.39, 0.29) is 0 Å². The first-order valence-electron chi connectivity index (χ1n) is 5.16. The minimum absolute atomic E-state index is 0.688. The van der Waals surface area contributed by atoms with Crippen LogP contribution in [0.2, 0.25) is 0 Å². The second-order valence-electron chi connectivity index (χ2n) is 3.85. The average molecular weight is 190 g/mol. The highest BCUT2D eigenvalue weighted by Gasteiger charge is 2.19. The lowest BCUT2D eigenvalue weighted by molar-refractivity contribution is 0.843. The number of H-pyrrole nitrogens is 1. The maximum absolute atomic E-state index is 5.57. The Bertz CT molecular complexity index is 466. The van der Waals surface area contributed by atoms with Gasteiger partial charge in [0.2, 0.25) is 5.78 Å². The predicted molar refractivity (Wildman–Crippen MR) is 54.3 cm³/mol. The number of nitrogens with two attached hydrogens (primary N) is 1. The summed E-state index contributed by atoms with van der Waals surface area (Å²) in [6.45, 7) is 0.688. The molecule has 2 aromatic rings. The molecule has 0 saturated heterocycles. The topological polar surface area (TPSA) is 59.1 Å². The largest absolute Gasteiger partial charge is 0.330 e. The van der Waals surface area contributed by atoms with Gasteiger partial charge < -0.3 is 10.7 Å². The SMILES string of the molecule is NCCc1cnc2[nH]c3c(n12)CCC3. The summed E-state index contributed by atoms with van der Waals surface area (Å²) in [4.78, 5) is 7.72. The van der Waals surface area contributed by atoms with Gasteiger partial charge >= 0.3 is 0 Å². The van der Waals surface area contributed by atoms with Gasteiger partial charge in [-0.25, -0.2) is 4.98 Å². The lowest BCUT2D eigenvalue weighted by atomic mass is 10.3. The van der Waals surface area contributed by atoms with Gasteiger partial charge in [-0.2, -0.15) is 0 Å². The summed E-state index contributed by atoms with van der Waals surface area (Å²) in [5, 5.41) is 0. The van der Waals surface area contributed by atoms with Crippen molar-refractivity contribution in [3.8, 4) is 0 Å². The number of fused-ring (bicyclic) bond motifs is 3. The van der Waals surface area contributed by atoms with E-state index in [0.717, 1.165) is 12.2 Å². The monoisotopic (exact) mass is 190 g/mol.